The summed E-state index contributed by atoms with van der Waals surface area (Å²) in [5.74, 6) is 0.388. The van der Waals surface area contributed by atoms with Crippen LogP contribution in [0.15, 0.2) is 48.7 Å². The zero-order valence-electron chi connectivity index (χ0n) is 17.3. The monoisotopic (exact) mass is 390 g/mol. The van der Waals surface area contributed by atoms with Crippen LogP contribution in [0.3, 0.4) is 0 Å². The first-order chi connectivity index (χ1) is 14.0. The molecule has 0 unspecified atom stereocenters. The van der Waals surface area contributed by atoms with E-state index in [9.17, 15) is 4.79 Å². The summed E-state index contributed by atoms with van der Waals surface area (Å²) in [5, 5.41) is 7.49. The zero-order chi connectivity index (χ0) is 20.8. The van der Waals surface area contributed by atoms with E-state index in [0.717, 1.165) is 22.5 Å². The number of carbonyl (C=O) groups excluding carboxylic acids is 1. The van der Waals surface area contributed by atoms with Crippen LogP contribution in [-0.2, 0) is 17.9 Å². The van der Waals surface area contributed by atoms with Gasteiger partial charge in [0.1, 0.15) is 0 Å². The largest absolute Gasteiger partial charge is 0.481 e. The normalized spacial score (nSPS) is 11.0. The average Bonchev–Trinajstić information content (AvgIpc) is 2.99. The number of carbonyl (C=O) groups is 1. The van der Waals surface area contributed by atoms with E-state index in [1.54, 1.807) is 25.4 Å². The number of nitrogens with zero attached hydrogens (tertiary/aromatic N) is 3. The summed E-state index contributed by atoms with van der Waals surface area (Å²) < 4.78 is 7.00. The molecule has 0 bridgehead atoms. The number of pyridine rings is 1. The molecule has 0 fully saturated rings. The first-order valence-electron chi connectivity index (χ1n) is 9.50. The van der Waals surface area contributed by atoms with Crippen LogP contribution in [0.4, 0.5) is 0 Å². The minimum atomic E-state index is -0.161. The molecular formula is C23H26N4O2. The molecule has 0 aliphatic rings. The predicted octanol–water partition coefficient (Wildman–Crippen LogP) is 3.59. The number of hydrogen-bond acceptors (Lipinski definition) is 4. The molecule has 150 valence electrons. The predicted molar refractivity (Wildman–Crippen MR) is 114 cm³/mol. The van der Waals surface area contributed by atoms with E-state index in [1.165, 1.54) is 11.1 Å². The molecule has 1 aromatic carbocycles. The van der Waals surface area contributed by atoms with E-state index >= 15 is 0 Å². The molecular weight excluding hydrogens is 364 g/mol. The van der Waals surface area contributed by atoms with Gasteiger partial charge in [0, 0.05) is 36.1 Å². The fourth-order valence-corrected chi connectivity index (χ4v) is 3.02. The first kappa shape index (κ1) is 20.3. The highest BCUT2D eigenvalue weighted by atomic mass is 16.5. The summed E-state index contributed by atoms with van der Waals surface area (Å²) in [4.78, 5) is 16.3. The molecule has 0 aliphatic heterocycles. The van der Waals surface area contributed by atoms with Gasteiger partial charge in [-0.3, -0.25) is 9.48 Å². The third-order valence-corrected chi connectivity index (χ3v) is 4.77. The van der Waals surface area contributed by atoms with Crippen molar-refractivity contribution in [2.45, 2.75) is 33.9 Å². The fraction of sp³-hybridized carbons (Fsp3) is 0.261. The van der Waals surface area contributed by atoms with Crippen molar-refractivity contribution in [3.05, 3.63) is 82.3 Å². The molecule has 1 N–H and O–H groups in total. The summed E-state index contributed by atoms with van der Waals surface area (Å²) in [5.41, 5.74) is 6.25. The number of methoxy groups -OCH3 is 1. The van der Waals surface area contributed by atoms with E-state index in [0.29, 0.717) is 19.0 Å². The molecule has 0 saturated heterocycles. The Labute approximate surface area is 171 Å². The van der Waals surface area contributed by atoms with Crippen molar-refractivity contribution >= 4 is 12.0 Å². The van der Waals surface area contributed by atoms with Crippen molar-refractivity contribution in [3.8, 4) is 5.88 Å². The lowest BCUT2D eigenvalue weighted by atomic mass is 10.1. The van der Waals surface area contributed by atoms with Crippen LogP contribution in [0.2, 0.25) is 0 Å². The van der Waals surface area contributed by atoms with Gasteiger partial charge < -0.3 is 10.1 Å². The lowest BCUT2D eigenvalue weighted by molar-refractivity contribution is -0.116. The lowest BCUT2D eigenvalue weighted by Crippen LogP contribution is -2.20. The van der Waals surface area contributed by atoms with Crippen molar-refractivity contribution in [2.75, 3.05) is 7.11 Å². The molecule has 3 rings (SSSR count). The SMILES string of the molecule is COc1ccc(CNC(=O)C=Cc2c(C)nn(Cc3ccc(C)cc3)c2C)cn1. The van der Waals surface area contributed by atoms with E-state index < -0.39 is 0 Å². The maximum atomic E-state index is 12.2. The van der Waals surface area contributed by atoms with Crippen LogP contribution in [0, 0.1) is 20.8 Å². The van der Waals surface area contributed by atoms with Gasteiger partial charge in [0.25, 0.3) is 0 Å². The van der Waals surface area contributed by atoms with Crippen LogP contribution in [0.1, 0.15) is 33.6 Å². The molecule has 0 aliphatic carbocycles. The Morgan fingerprint density at radius 2 is 1.83 bits per heavy atom. The Morgan fingerprint density at radius 3 is 2.48 bits per heavy atom. The summed E-state index contributed by atoms with van der Waals surface area (Å²) >= 11 is 0. The summed E-state index contributed by atoms with van der Waals surface area (Å²) in [6.45, 7) is 7.17. The van der Waals surface area contributed by atoms with E-state index in [1.807, 2.05) is 30.7 Å². The van der Waals surface area contributed by atoms with Gasteiger partial charge in [-0.1, -0.05) is 35.9 Å². The molecule has 6 nitrogen and oxygen atoms in total. The van der Waals surface area contributed by atoms with Gasteiger partial charge in [0.05, 0.1) is 19.3 Å². The van der Waals surface area contributed by atoms with Crippen LogP contribution in [0.5, 0.6) is 5.88 Å². The van der Waals surface area contributed by atoms with Crippen molar-refractivity contribution in [1.29, 1.82) is 0 Å². The summed E-state index contributed by atoms with van der Waals surface area (Å²) in [7, 11) is 1.57. The molecule has 0 saturated carbocycles. The van der Waals surface area contributed by atoms with Gasteiger partial charge in [-0.05, 0) is 38.0 Å². The second kappa shape index (κ2) is 9.19. The van der Waals surface area contributed by atoms with Gasteiger partial charge in [0.15, 0.2) is 0 Å². The smallest absolute Gasteiger partial charge is 0.244 e. The topological polar surface area (TPSA) is 69.0 Å². The molecule has 0 radical (unpaired) electrons. The Morgan fingerprint density at radius 1 is 1.10 bits per heavy atom. The third kappa shape index (κ3) is 5.31. The molecule has 0 spiro atoms. The van der Waals surface area contributed by atoms with Gasteiger partial charge in [-0.15, -0.1) is 0 Å². The molecule has 2 aromatic heterocycles. The maximum absolute atomic E-state index is 12.2. The Kier molecular flexibility index (Phi) is 6.44. The number of benzene rings is 1. The summed E-state index contributed by atoms with van der Waals surface area (Å²) in [6.07, 6.45) is 5.06. The molecule has 29 heavy (non-hydrogen) atoms. The molecule has 0 atom stereocenters. The van der Waals surface area contributed by atoms with Gasteiger partial charge in [0.2, 0.25) is 11.8 Å². The Balaban J connectivity index is 1.62. The highest BCUT2D eigenvalue weighted by molar-refractivity contribution is 5.91. The number of amides is 1. The van der Waals surface area contributed by atoms with E-state index in [4.69, 9.17) is 4.74 Å². The van der Waals surface area contributed by atoms with Crippen LogP contribution in [0.25, 0.3) is 6.08 Å². The Bertz CT molecular complexity index is 1000. The standard InChI is InChI=1S/C23H26N4O2/c1-16-5-7-19(8-6-16)15-27-18(3)21(17(2)26-27)10-11-22(28)24-13-20-9-12-23(29-4)25-14-20/h5-12,14H,13,15H2,1-4H3,(H,24,28). The second-order valence-electron chi connectivity index (χ2n) is 6.99. The van der Waals surface area contributed by atoms with Crippen molar-refractivity contribution in [3.63, 3.8) is 0 Å². The lowest BCUT2D eigenvalue weighted by Gasteiger charge is -2.05. The molecule has 6 heteroatoms. The minimum Gasteiger partial charge on any atom is -0.481 e. The fourth-order valence-electron chi connectivity index (χ4n) is 3.02. The highest BCUT2D eigenvalue weighted by Crippen LogP contribution is 2.17. The highest BCUT2D eigenvalue weighted by Gasteiger charge is 2.10. The number of aryl methyl sites for hydroxylation is 2. The van der Waals surface area contributed by atoms with Gasteiger partial charge in [-0.25, -0.2) is 4.98 Å². The van der Waals surface area contributed by atoms with Gasteiger partial charge in [-0.2, -0.15) is 5.10 Å². The number of nitrogens with one attached hydrogen (secondary N) is 1. The van der Waals surface area contributed by atoms with Crippen molar-refractivity contribution in [1.82, 2.24) is 20.1 Å². The summed E-state index contributed by atoms with van der Waals surface area (Å²) in [6, 6.07) is 12.1. The third-order valence-electron chi connectivity index (χ3n) is 4.77. The van der Waals surface area contributed by atoms with Crippen molar-refractivity contribution < 1.29 is 9.53 Å². The van der Waals surface area contributed by atoms with E-state index in [-0.39, 0.29) is 5.91 Å². The zero-order valence-corrected chi connectivity index (χ0v) is 17.3. The van der Waals surface area contributed by atoms with Crippen LogP contribution >= 0.6 is 0 Å². The second-order valence-corrected chi connectivity index (χ2v) is 6.99. The van der Waals surface area contributed by atoms with Crippen molar-refractivity contribution in [2.24, 2.45) is 0 Å². The molecule has 1 amide bonds. The molecule has 2 heterocycles. The number of rotatable bonds is 7. The van der Waals surface area contributed by atoms with E-state index in [2.05, 4.69) is 46.6 Å². The van der Waals surface area contributed by atoms with Crippen LogP contribution in [-0.4, -0.2) is 27.8 Å². The molecule has 3 aromatic rings. The van der Waals surface area contributed by atoms with Gasteiger partial charge >= 0.3 is 0 Å². The maximum Gasteiger partial charge on any atom is 0.244 e. The van der Waals surface area contributed by atoms with Crippen LogP contribution < -0.4 is 10.1 Å². The average molecular weight is 390 g/mol. The number of hydrogen-bond donors (Lipinski definition) is 1. The first-order valence-corrected chi connectivity index (χ1v) is 9.50. The quantitative estimate of drug-likeness (QED) is 0.626. The number of aromatic nitrogens is 3. The number of ether oxygens (including phenoxy) is 1. The minimum absolute atomic E-state index is 0.161. The Hall–Kier alpha value is -3.41.